The molecule has 0 aliphatic carbocycles. The van der Waals surface area contributed by atoms with Crippen molar-refractivity contribution in [1.82, 2.24) is 9.78 Å². The fraction of sp³-hybridized carbons (Fsp3) is 0.0625. The minimum Gasteiger partial charge on any atom is -0.276 e. The van der Waals surface area contributed by atoms with Gasteiger partial charge in [0, 0.05) is 11.2 Å². The fourth-order valence-electron chi connectivity index (χ4n) is 2.22. The van der Waals surface area contributed by atoms with Gasteiger partial charge in [0.2, 0.25) is 0 Å². The van der Waals surface area contributed by atoms with E-state index in [-0.39, 0.29) is 26.4 Å². The molecule has 0 aliphatic rings. The van der Waals surface area contributed by atoms with Crippen molar-refractivity contribution in [3.63, 3.8) is 0 Å². The lowest BCUT2D eigenvalue weighted by molar-refractivity contribution is 0.601. The number of aromatic nitrogens is 2. The second kappa shape index (κ2) is 7.03. The third kappa shape index (κ3) is 4.31. The van der Waals surface area contributed by atoms with Crippen molar-refractivity contribution < 1.29 is 12.8 Å². The summed E-state index contributed by atoms with van der Waals surface area (Å²) < 4.78 is 42.0. The summed E-state index contributed by atoms with van der Waals surface area (Å²) >= 11 is 11.8. The van der Waals surface area contributed by atoms with Crippen LogP contribution in [-0.2, 0) is 16.6 Å². The molecule has 0 bridgehead atoms. The van der Waals surface area contributed by atoms with Gasteiger partial charge in [0.25, 0.3) is 10.0 Å². The van der Waals surface area contributed by atoms with Crippen LogP contribution < -0.4 is 4.72 Å². The topological polar surface area (TPSA) is 64.0 Å². The Morgan fingerprint density at radius 2 is 1.96 bits per heavy atom. The zero-order valence-electron chi connectivity index (χ0n) is 12.7. The number of sulfonamides is 1. The Morgan fingerprint density at radius 3 is 2.72 bits per heavy atom. The number of hydrogen-bond acceptors (Lipinski definition) is 3. The third-order valence-electron chi connectivity index (χ3n) is 3.30. The van der Waals surface area contributed by atoms with Gasteiger partial charge in [0.15, 0.2) is 0 Å². The van der Waals surface area contributed by atoms with Crippen LogP contribution in [0, 0.1) is 5.82 Å². The van der Waals surface area contributed by atoms with Gasteiger partial charge >= 0.3 is 0 Å². The van der Waals surface area contributed by atoms with Crippen LogP contribution in [0.4, 0.5) is 10.1 Å². The number of nitrogens with zero attached hydrogens (tertiary/aromatic N) is 2. The monoisotopic (exact) mass is 399 g/mol. The summed E-state index contributed by atoms with van der Waals surface area (Å²) in [5, 5.41) is 4.38. The lowest BCUT2D eigenvalue weighted by atomic mass is 10.2. The Balaban J connectivity index is 1.80. The van der Waals surface area contributed by atoms with Crippen LogP contribution in [0.25, 0.3) is 0 Å². The number of benzene rings is 2. The first-order chi connectivity index (χ1) is 11.8. The molecule has 3 aromatic rings. The molecule has 130 valence electrons. The van der Waals surface area contributed by atoms with Crippen molar-refractivity contribution >= 4 is 38.9 Å². The minimum atomic E-state index is -3.91. The molecule has 0 fully saturated rings. The maximum Gasteiger partial charge on any atom is 0.263 e. The van der Waals surface area contributed by atoms with Crippen LogP contribution in [0.3, 0.4) is 0 Å². The molecule has 2 aromatic carbocycles. The van der Waals surface area contributed by atoms with Crippen LogP contribution in [0.15, 0.2) is 59.8 Å². The van der Waals surface area contributed by atoms with Crippen molar-refractivity contribution in [2.45, 2.75) is 11.4 Å². The highest BCUT2D eigenvalue weighted by Crippen LogP contribution is 2.26. The molecule has 0 amide bonds. The van der Waals surface area contributed by atoms with Gasteiger partial charge in [-0.2, -0.15) is 5.10 Å². The smallest absolute Gasteiger partial charge is 0.263 e. The Kier molecular flexibility index (Phi) is 4.99. The van der Waals surface area contributed by atoms with E-state index >= 15 is 0 Å². The number of anilines is 1. The van der Waals surface area contributed by atoms with Crippen LogP contribution in [0.2, 0.25) is 10.0 Å². The molecular weight excluding hydrogens is 388 g/mol. The zero-order chi connectivity index (χ0) is 18.0. The van der Waals surface area contributed by atoms with Gasteiger partial charge in [-0.05, 0) is 35.9 Å². The SMILES string of the molecule is O=S(=O)(Nc1cnn(Cc2cccc(F)c2)c1)c1cc(Cl)ccc1Cl. The molecule has 1 aromatic heterocycles. The Bertz CT molecular complexity index is 1020. The molecule has 0 unspecified atom stereocenters. The quantitative estimate of drug-likeness (QED) is 0.699. The molecule has 1 N–H and O–H groups in total. The molecule has 0 saturated heterocycles. The van der Waals surface area contributed by atoms with Gasteiger partial charge in [0.05, 0.1) is 23.5 Å². The lowest BCUT2D eigenvalue weighted by Gasteiger charge is -2.08. The van der Waals surface area contributed by atoms with Crippen LogP contribution in [-0.4, -0.2) is 18.2 Å². The van der Waals surface area contributed by atoms with Gasteiger partial charge in [-0.3, -0.25) is 9.40 Å². The minimum absolute atomic E-state index is 0.0593. The fourth-order valence-corrected chi connectivity index (χ4v) is 4.01. The predicted octanol–water partition coefficient (Wildman–Crippen LogP) is 4.18. The van der Waals surface area contributed by atoms with E-state index in [0.717, 1.165) is 0 Å². The predicted molar refractivity (Wildman–Crippen MR) is 95.0 cm³/mol. The number of hydrogen-bond donors (Lipinski definition) is 1. The van der Waals surface area contributed by atoms with Gasteiger partial charge in [0.1, 0.15) is 10.7 Å². The average Bonchev–Trinajstić information content (AvgIpc) is 2.96. The molecule has 0 saturated carbocycles. The van der Waals surface area contributed by atoms with E-state index in [1.54, 1.807) is 12.1 Å². The first-order valence-corrected chi connectivity index (χ1v) is 9.32. The molecule has 0 radical (unpaired) electrons. The number of nitrogens with one attached hydrogen (secondary N) is 1. The van der Waals surface area contributed by atoms with E-state index in [1.165, 1.54) is 47.4 Å². The van der Waals surface area contributed by atoms with Gasteiger partial charge in [-0.25, -0.2) is 12.8 Å². The maximum atomic E-state index is 13.2. The normalized spacial score (nSPS) is 11.5. The first kappa shape index (κ1) is 17.7. The molecular formula is C16H12Cl2FN3O2S. The van der Waals surface area contributed by atoms with E-state index in [2.05, 4.69) is 9.82 Å². The summed E-state index contributed by atoms with van der Waals surface area (Å²) in [4.78, 5) is -0.125. The summed E-state index contributed by atoms with van der Waals surface area (Å²) in [6.07, 6.45) is 2.86. The van der Waals surface area contributed by atoms with Crippen LogP contribution in [0.1, 0.15) is 5.56 Å². The van der Waals surface area contributed by atoms with Crippen molar-refractivity contribution in [1.29, 1.82) is 0 Å². The van der Waals surface area contributed by atoms with E-state index in [1.807, 2.05) is 0 Å². The molecule has 5 nitrogen and oxygen atoms in total. The second-order valence-corrected chi connectivity index (χ2v) is 7.73. The molecule has 1 heterocycles. The van der Waals surface area contributed by atoms with Crippen LogP contribution >= 0.6 is 23.2 Å². The highest BCUT2D eigenvalue weighted by Gasteiger charge is 2.19. The average molecular weight is 400 g/mol. The Morgan fingerprint density at radius 1 is 1.16 bits per heavy atom. The lowest BCUT2D eigenvalue weighted by Crippen LogP contribution is -2.13. The molecule has 3 rings (SSSR count). The van der Waals surface area contributed by atoms with Crippen molar-refractivity contribution in [2.24, 2.45) is 0 Å². The van der Waals surface area contributed by atoms with Crippen LogP contribution in [0.5, 0.6) is 0 Å². The molecule has 9 heteroatoms. The van der Waals surface area contributed by atoms with Crippen molar-refractivity contribution in [3.05, 3.63) is 76.3 Å². The molecule has 0 spiro atoms. The summed E-state index contributed by atoms with van der Waals surface area (Å²) in [5.74, 6) is -0.346. The van der Waals surface area contributed by atoms with Gasteiger partial charge < -0.3 is 0 Å². The molecule has 0 atom stereocenters. The van der Waals surface area contributed by atoms with Crippen molar-refractivity contribution in [3.8, 4) is 0 Å². The standard InChI is InChI=1S/C16H12Cl2FN3O2S/c17-12-4-5-15(18)16(7-12)25(23,24)21-14-8-20-22(10-14)9-11-2-1-3-13(19)6-11/h1-8,10,21H,9H2. The largest absolute Gasteiger partial charge is 0.276 e. The highest BCUT2D eigenvalue weighted by molar-refractivity contribution is 7.92. The second-order valence-electron chi connectivity index (χ2n) is 5.24. The summed E-state index contributed by atoms with van der Waals surface area (Å²) in [7, 11) is -3.91. The van der Waals surface area contributed by atoms with E-state index in [4.69, 9.17) is 23.2 Å². The number of rotatable bonds is 5. The zero-order valence-corrected chi connectivity index (χ0v) is 15.0. The molecule has 0 aliphatic heterocycles. The Hall–Kier alpha value is -2.09. The highest BCUT2D eigenvalue weighted by atomic mass is 35.5. The number of halogens is 3. The van der Waals surface area contributed by atoms with E-state index < -0.39 is 10.0 Å². The van der Waals surface area contributed by atoms with E-state index in [9.17, 15) is 12.8 Å². The van der Waals surface area contributed by atoms with Gasteiger partial charge in [-0.1, -0.05) is 35.3 Å². The van der Waals surface area contributed by atoms with Crippen molar-refractivity contribution in [2.75, 3.05) is 4.72 Å². The maximum absolute atomic E-state index is 13.2. The molecule has 25 heavy (non-hydrogen) atoms. The first-order valence-electron chi connectivity index (χ1n) is 7.08. The third-order valence-corrected chi connectivity index (χ3v) is 5.40. The van der Waals surface area contributed by atoms with Gasteiger partial charge in [-0.15, -0.1) is 0 Å². The summed E-state index contributed by atoms with van der Waals surface area (Å²) in [6, 6.07) is 10.3. The summed E-state index contributed by atoms with van der Waals surface area (Å²) in [5.41, 5.74) is 0.961. The Labute approximate surface area is 154 Å². The summed E-state index contributed by atoms with van der Waals surface area (Å²) in [6.45, 7) is 0.303. The van der Waals surface area contributed by atoms with E-state index in [0.29, 0.717) is 12.1 Å².